The molecule has 1 aliphatic carbocycles. The lowest BCUT2D eigenvalue weighted by molar-refractivity contribution is 0.0265. The molecule has 2 atom stereocenters. The summed E-state index contributed by atoms with van der Waals surface area (Å²) in [6, 6.07) is 0. The number of ether oxygens (including phenoxy) is 1. The van der Waals surface area contributed by atoms with Crippen LogP contribution in [0.5, 0.6) is 0 Å². The minimum Gasteiger partial charge on any atom is -0.444 e. The zero-order valence-electron chi connectivity index (χ0n) is 10.7. The monoisotopic (exact) mass is 226 g/mol. The molecule has 0 aromatic rings. The summed E-state index contributed by atoms with van der Waals surface area (Å²) in [6.07, 6.45) is 1.05. The van der Waals surface area contributed by atoms with Gasteiger partial charge in [0.05, 0.1) is 0 Å². The number of hydrogen-bond acceptors (Lipinski definition) is 3. The van der Waals surface area contributed by atoms with Crippen molar-refractivity contribution in [3.8, 4) is 0 Å². The molecule has 1 N–H and O–H groups in total. The topological polar surface area (TPSA) is 41.6 Å². The molecule has 1 heterocycles. The number of carbonyl (C=O) groups excluding carboxylic acids is 1. The molecule has 0 aromatic carbocycles. The molecule has 4 heteroatoms. The lowest BCUT2D eigenvalue weighted by Gasteiger charge is -2.27. The molecule has 0 radical (unpaired) electrons. The third-order valence-electron chi connectivity index (χ3n) is 3.48. The molecule has 92 valence electrons. The number of piperidine rings is 1. The number of nitrogens with one attached hydrogen (secondary N) is 1. The molecule has 16 heavy (non-hydrogen) atoms. The number of hydrogen-bond donors (Lipinski definition) is 1. The van der Waals surface area contributed by atoms with Gasteiger partial charge in [0.1, 0.15) is 5.60 Å². The van der Waals surface area contributed by atoms with Crippen molar-refractivity contribution < 1.29 is 9.53 Å². The third kappa shape index (κ3) is 2.32. The highest BCUT2D eigenvalue weighted by Crippen LogP contribution is 2.55. The average molecular weight is 226 g/mol. The molecule has 4 nitrogen and oxygen atoms in total. The van der Waals surface area contributed by atoms with Crippen molar-refractivity contribution in [3.05, 3.63) is 0 Å². The fourth-order valence-corrected chi connectivity index (χ4v) is 2.56. The van der Waals surface area contributed by atoms with Crippen molar-refractivity contribution in [1.82, 2.24) is 10.2 Å². The maximum Gasteiger partial charge on any atom is 0.410 e. The molecule has 1 aliphatic heterocycles. The average Bonchev–Trinajstić information content (AvgIpc) is 2.65. The molecule has 2 rings (SSSR count). The van der Waals surface area contributed by atoms with Crippen LogP contribution in [0.15, 0.2) is 0 Å². The Morgan fingerprint density at radius 3 is 2.69 bits per heavy atom. The molecule has 0 unspecified atom stereocenters. The summed E-state index contributed by atoms with van der Waals surface area (Å²) >= 11 is 0. The minimum absolute atomic E-state index is 0.209. The first-order valence-corrected chi connectivity index (χ1v) is 5.97. The van der Waals surface area contributed by atoms with Gasteiger partial charge in [-0.15, -0.1) is 0 Å². The van der Waals surface area contributed by atoms with E-state index in [4.69, 9.17) is 4.74 Å². The summed E-state index contributed by atoms with van der Waals surface area (Å²) in [7, 11) is 1.83. The number of fused-ring (bicyclic) bond motifs is 1. The Morgan fingerprint density at radius 2 is 2.25 bits per heavy atom. The highest BCUT2D eigenvalue weighted by molar-refractivity contribution is 5.67. The largest absolute Gasteiger partial charge is 0.444 e. The van der Waals surface area contributed by atoms with Gasteiger partial charge in [0.2, 0.25) is 0 Å². The van der Waals surface area contributed by atoms with Crippen molar-refractivity contribution in [2.24, 2.45) is 11.3 Å². The summed E-state index contributed by atoms with van der Waals surface area (Å²) in [5.41, 5.74) is -0.0501. The van der Waals surface area contributed by atoms with Gasteiger partial charge in [0, 0.05) is 25.6 Å². The lowest BCUT2D eigenvalue weighted by Crippen LogP contribution is -2.38. The van der Waals surface area contributed by atoms with Gasteiger partial charge in [-0.05, 0) is 39.7 Å². The highest BCUT2D eigenvalue weighted by atomic mass is 16.6. The van der Waals surface area contributed by atoms with E-state index in [-0.39, 0.29) is 6.09 Å². The smallest absolute Gasteiger partial charge is 0.410 e. The second-order valence-corrected chi connectivity index (χ2v) is 6.23. The molecule has 0 aromatic heterocycles. The fourth-order valence-electron chi connectivity index (χ4n) is 2.56. The molecule has 0 bridgehead atoms. The van der Waals surface area contributed by atoms with Crippen LogP contribution in [0.2, 0.25) is 0 Å². The van der Waals surface area contributed by atoms with E-state index in [1.165, 1.54) is 6.42 Å². The summed E-state index contributed by atoms with van der Waals surface area (Å²) in [6.45, 7) is 8.67. The van der Waals surface area contributed by atoms with Crippen LogP contribution in [0.4, 0.5) is 4.79 Å². The zero-order valence-corrected chi connectivity index (χ0v) is 10.7. The third-order valence-corrected chi connectivity index (χ3v) is 3.48. The van der Waals surface area contributed by atoms with Gasteiger partial charge < -0.3 is 15.0 Å². The normalized spacial score (nSPS) is 32.1. The Morgan fingerprint density at radius 1 is 1.56 bits per heavy atom. The molecule has 2 aliphatic rings. The van der Waals surface area contributed by atoms with E-state index >= 15 is 0 Å². The maximum atomic E-state index is 11.8. The predicted molar refractivity (Wildman–Crippen MR) is 62.3 cm³/mol. The van der Waals surface area contributed by atoms with E-state index in [1.54, 1.807) is 4.90 Å². The van der Waals surface area contributed by atoms with E-state index in [2.05, 4.69) is 5.32 Å². The summed E-state index contributed by atoms with van der Waals surface area (Å²) in [5.74, 6) is 0.775. The van der Waals surface area contributed by atoms with Crippen molar-refractivity contribution in [1.29, 1.82) is 0 Å². The Bertz CT molecular complexity index is 298. The Labute approximate surface area is 97.3 Å². The predicted octanol–water partition coefficient (Wildman–Crippen LogP) is 1.46. The highest BCUT2D eigenvalue weighted by Gasteiger charge is 2.57. The van der Waals surface area contributed by atoms with E-state index in [9.17, 15) is 4.79 Å². The zero-order chi connectivity index (χ0) is 12.0. The minimum atomic E-state index is -0.403. The van der Waals surface area contributed by atoms with Crippen LogP contribution in [0.3, 0.4) is 0 Å². The molecular formula is C12H22N2O2. The summed E-state index contributed by atoms with van der Waals surface area (Å²) in [4.78, 5) is 13.5. The quantitative estimate of drug-likeness (QED) is 0.775. The van der Waals surface area contributed by atoms with Gasteiger partial charge in [-0.2, -0.15) is 0 Å². The van der Waals surface area contributed by atoms with Crippen LogP contribution in [-0.4, -0.2) is 43.3 Å². The van der Waals surface area contributed by atoms with Gasteiger partial charge in [0.25, 0.3) is 0 Å². The molecule has 0 spiro atoms. The SMILES string of the molecule is CN(C[C@]12CNC[C@H]1C2)C(=O)OC(C)(C)C. The standard InChI is InChI=1S/C12H22N2O2/c1-11(2,3)16-10(15)14(4)8-12-5-9(12)6-13-7-12/h9,13H,5-8H2,1-4H3/t9-,12+/m1/s1. The van der Waals surface area contributed by atoms with Crippen LogP contribution in [0.1, 0.15) is 27.2 Å². The van der Waals surface area contributed by atoms with E-state index < -0.39 is 5.60 Å². The van der Waals surface area contributed by atoms with Crippen LogP contribution in [0, 0.1) is 11.3 Å². The number of carbonyl (C=O) groups is 1. The van der Waals surface area contributed by atoms with Crippen LogP contribution in [0.25, 0.3) is 0 Å². The van der Waals surface area contributed by atoms with Gasteiger partial charge in [-0.1, -0.05) is 0 Å². The summed E-state index contributed by atoms with van der Waals surface area (Å²) < 4.78 is 5.34. The maximum absolute atomic E-state index is 11.8. The molecule has 1 amide bonds. The van der Waals surface area contributed by atoms with Crippen LogP contribution in [-0.2, 0) is 4.74 Å². The van der Waals surface area contributed by atoms with E-state index in [0.29, 0.717) is 5.41 Å². The Hall–Kier alpha value is -0.770. The van der Waals surface area contributed by atoms with Crippen molar-refractivity contribution >= 4 is 6.09 Å². The second kappa shape index (κ2) is 3.62. The number of rotatable bonds is 2. The second-order valence-electron chi connectivity index (χ2n) is 6.23. The Balaban J connectivity index is 1.84. The van der Waals surface area contributed by atoms with Gasteiger partial charge in [-0.3, -0.25) is 0 Å². The number of amides is 1. The van der Waals surface area contributed by atoms with Gasteiger partial charge in [0.15, 0.2) is 0 Å². The van der Waals surface area contributed by atoms with Crippen molar-refractivity contribution in [2.45, 2.75) is 32.8 Å². The Kier molecular flexibility index (Phi) is 2.65. The molecule has 2 fully saturated rings. The van der Waals surface area contributed by atoms with Crippen molar-refractivity contribution in [3.63, 3.8) is 0 Å². The molecule has 1 saturated heterocycles. The first kappa shape index (κ1) is 11.7. The van der Waals surface area contributed by atoms with Crippen LogP contribution >= 0.6 is 0 Å². The molecule has 1 saturated carbocycles. The van der Waals surface area contributed by atoms with Crippen molar-refractivity contribution in [2.75, 3.05) is 26.7 Å². The fraction of sp³-hybridized carbons (Fsp3) is 0.917. The summed E-state index contributed by atoms with van der Waals surface area (Å²) in [5, 5.41) is 3.38. The van der Waals surface area contributed by atoms with E-state index in [1.807, 2.05) is 27.8 Å². The first-order chi connectivity index (χ1) is 7.32. The van der Waals surface area contributed by atoms with Crippen LogP contribution < -0.4 is 5.32 Å². The van der Waals surface area contributed by atoms with Gasteiger partial charge >= 0.3 is 6.09 Å². The van der Waals surface area contributed by atoms with E-state index in [0.717, 1.165) is 25.6 Å². The molecular weight excluding hydrogens is 204 g/mol. The first-order valence-electron chi connectivity index (χ1n) is 5.97. The number of nitrogens with zero attached hydrogens (tertiary/aromatic N) is 1. The van der Waals surface area contributed by atoms with Gasteiger partial charge in [-0.25, -0.2) is 4.79 Å². The lowest BCUT2D eigenvalue weighted by atomic mass is 10.1.